The van der Waals surface area contributed by atoms with E-state index < -0.39 is 0 Å². The quantitative estimate of drug-likeness (QED) is 0.635. The second-order valence-corrected chi connectivity index (χ2v) is 4.78. The highest BCUT2D eigenvalue weighted by molar-refractivity contribution is 9.10. The zero-order chi connectivity index (χ0) is 10.8. The molecule has 0 amide bonds. The van der Waals surface area contributed by atoms with E-state index in [-0.39, 0.29) is 0 Å². The van der Waals surface area contributed by atoms with Gasteiger partial charge in [-0.1, -0.05) is 25.7 Å². The summed E-state index contributed by atoms with van der Waals surface area (Å²) in [7, 11) is 0. The summed E-state index contributed by atoms with van der Waals surface area (Å²) in [5.41, 5.74) is 3.54. The third kappa shape index (κ3) is 2.30. The molecule has 0 aromatic heterocycles. The Bertz CT molecular complexity index is 475. The van der Waals surface area contributed by atoms with E-state index in [1.807, 2.05) is 6.21 Å². The minimum atomic E-state index is 0.404. The molecule has 0 fully saturated rings. The van der Waals surface area contributed by atoms with Gasteiger partial charge in [-0.15, -0.1) is 0 Å². The number of hydrogen-bond donors (Lipinski definition) is 0. The molecule has 76 valence electrons. The molecule has 15 heavy (non-hydrogen) atoms. The van der Waals surface area contributed by atoms with Crippen molar-refractivity contribution in [3.05, 3.63) is 33.3 Å². The second kappa shape index (κ2) is 4.20. The fourth-order valence-electron chi connectivity index (χ4n) is 1.45. The van der Waals surface area contributed by atoms with Crippen LogP contribution < -0.4 is 0 Å². The van der Waals surface area contributed by atoms with Gasteiger partial charge in [0.1, 0.15) is 0 Å². The van der Waals surface area contributed by atoms with Crippen molar-refractivity contribution in [2.75, 3.05) is 0 Å². The summed E-state index contributed by atoms with van der Waals surface area (Å²) in [5, 5.41) is 0. The molecule has 1 aliphatic rings. The summed E-state index contributed by atoms with van der Waals surface area (Å²) < 4.78 is 1.06. The van der Waals surface area contributed by atoms with Crippen molar-refractivity contribution in [3.63, 3.8) is 0 Å². The van der Waals surface area contributed by atoms with Crippen molar-refractivity contribution >= 4 is 22.1 Å². The van der Waals surface area contributed by atoms with Crippen LogP contribution in [0.4, 0.5) is 0 Å². The Labute approximate surface area is 98.7 Å². The van der Waals surface area contributed by atoms with E-state index >= 15 is 0 Å². The lowest BCUT2D eigenvalue weighted by molar-refractivity contribution is 0.866. The fraction of sp³-hybridized carbons (Fsp3) is 0.308. The van der Waals surface area contributed by atoms with Gasteiger partial charge in [0.05, 0.1) is 6.54 Å². The molecule has 0 saturated heterocycles. The molecular formula is C13H12BrN. The molecule has 2 heteroatoms. The average Bonchev–Trinajstić information content (AvgIpc) is 2.60. The number of rotatable bonds is 0. The normalized spacial score (nSPS) is 12.5. The molecule has 1 nitrogen and oxygen atoms in total. The first-order valence-electron chi connectivity index (χ1n) is 5.00. The maximum absolute atomic E-state index is 4.23. The zero-order valence-electron chi connectivity index (χ0n) is 8.84. The van der Waals surface area contributed by atoms with Crippen LogP contribution in [0.1, 0.15) is 30.5 Å². The highest BCUT2D eigenvalue weighted by Gasteiger charge is 2.09. The summed E-state index contributed by atoms with van der Waals surface area (Å²) >= 11 is 3.54. The van der Waals surface area contributed by atoms with Gasteiger partial charge in [-0.25, -0.2) is 0 Å². The van der Waals surface area contributed by atoms with Crippen LogP contribution in [0.15, 0.2) is 21.6 Å². The van der Waals surface area contributed by atoms with E-state index in [0.717, 1.165) is 16.6 Å². The minimum Gasteiger partial charge on any atom is -0.288 e. The van der Waals surface area contributed by atoms with Gasteiger partial charge in [-0.05, 0) is 39.2 Å². The van der Waals surface area contributed by atoms with E-state index in [4.69, 9.17) is 0 Å². The van der Waals surface area contributed by atoms with Crippen LogP contribution in [0.25, 0.3) is 0 Å². The third-order valence-electron chi connectivity index (χ3n) is 2.22. The Hall–Kier alpha value is -1.07. The Balaban J connectivity index is 2.40. The topological polar surface area (TPSA) is 12.4 Å². The predicted octanol–water partition coefficient (Wildman–Crippen LogP) is 3.39. The third-order valence-corrected chi connectivity index (χ3v) is 2.87. The van der Waals surface area contributed by atoms with E-state index in [1.165, 1.54) is 11.1 Å². The molecule has 1 aromatic carbocycles. The predicted molar refractivity (Wildman–Crippen MR) is 67.2 cm³/mol. The fourth-order valence-corrected chi connectivity index (χ4v) is 1.91. The Kier molecular flexibility index (Phi) is 2.93. The van der Waals surface area contributed by atoms with Crippen LogP contribution >= 0.6 is 15.9 Å². The van der Waals surface area contributed by atoms with Gasteiger partial charge < -0.3 is 0 Å². The first-order chi connectivity index (χ1) is 7.16. The number of fused-ring (bicyclic) bond motifs is 1. The largest absolute Gasteiger partial charge is 0.288 e. The van der Waals surface area contributed by atoms with Crippen LogP contribution in [0.5, 0.6) is 0 Å². The van der Waals surface area contributed by atoms with Crippen molar-refractivity contribution in [3.8, 4) is 11.8 Å². The van der Waals surface area contributed by atoms with Crippen LogP contribution in [0.2, 0.25) is 0 Å². The second-order valence-electron chi connectivity index (χ2n) is 3.92. The minimum absolute atomic E-state index is 0.404. The summed E-state index contributed by atoms with van der Waals surface area (Å²) in [5.74, 6) is 6.77. The monoisotopic (exact) mass is 261 g/mol. The summed E-state index contributed by atoms with van der Waals surface area (Å²) in [4.78, 5) is 4.23. The number of hydrogen-bond acceptors (Lipinski definition) is 1. The van der Waals surface area contributed by atoms with Gasteiger partial charge in [0.25, 0.3) is 0 Å². The van der Waals surface area contributed by atoms with Crippen molar-refractivity contribution in [1.82, 2.24) is 0 Å². The van der Waals surface area contributed by atoms with E-state index in [0.29, 0.717) is 5.92 Å². The molecule has 1 aliphatic heterocycles. The number of benzene rings is 1. The van der Waals surface area contributed by atoms with Crippen molar-refractivity contribution in [1.29, 1.82) is 0 Å². The van der Waals surface area contributed by atoms with E-state index in [9.17, 15) is 0 Å². The lowest BCUT2D eigenvalue weighted by Gasteiger charge is -2.01. The lowest BCUT2D eigenvalue weighted by atomic mass is 10.1. The standard InChI is InChI=1S/C13H12BrN/c1-9(2)3-4-10-5-11-7-15-8-12(11)6-13(10)14/h5-6,8-9H,7H2,1-2H3. The van der Waals surface area contributed by atoms with Gasteiger partial charge in [0.2, 0.25) is 0 Å². The van der Waals surface area contributed by atoms with E-state index in [2.05, 4.69) is 58.7 Å². The average molecular weight is 262 g/mol. The summed E-state index contributed by atoms with van der Waals surface area (Å²) in [6.07, 6.45) is 1.92. The van der Waals surface area contributed by atoms with Crippen molar-refractivity contribution < 1.29 is 0 Å². The number of aliphatic imine (C=N–C) groups is 1. The van der Waals surface area contributed by atoms with Crippen molar-refractivity contribution in [2.45, 2.75) is 20.4 Å². The molecule has 0 aliphatic carbocycles. The van der Waals surface area contributed by atoms with Gasteiger partial charge in [0.15, 0.2) is 0 Å². The number of halogens is 1. The first kappa shape index (κ1) is 10.4. The summed E-state index contributed by atoms with van der Waals surface area (Å²) in [6.45, 7) is 4.98. The molecule has 0 unspecified atom stereocenters. The maximum atomic E-state index is 4.23. The molecule has 2 rings (SSSR count). The SMILES string of the molecule is CC(C)C#Cc1cc2c(cc1Br)C=NC2. The molecule has 1 aromatic rings. The van der Waals surface area contributed by atoms with E-state index in [1.54, 1.807) is 0 Å². The first-order valence-corrected chi connectivity index (χ1v) is 5.80. The van der Waals surface area contributed by atoms with Gasteiger partial charge >= 0.3 is 0 Å². The Morgan fingerprint density at radius 2 is 2.20 bits per heavy atom. The molecule has 0 radical (unpaired) electrons. The van der Waals surface area contributed by atoms with Crippen LogP contribution in [-0.2, 0) is 6.54 Å². The molecule has 0 saturated carbocycles. The van der Waals surface area contributed by atoms with Gasteiger partial charge in [-0.3, -0.25) is 4.99 Å². The van der Waals surface area contributed by atoms with Crippen molar-refractivity contribution in [2.24, 2.45) is 10.9 Å². The summed E-state index contributed by atoms with van der Waals surface area (Å²) in [6, 6.07) is 4.22. The number of nitrogens with zero attached hydrogens (tertiary/aromatic N) is 1. The highest BCUT2D eigenvalue weighted by atomic mass is 79.9. The molecule has 1 heterocycles. The molecule has 0 N–H and O–H groups in total. The maximum Gasteiger partial charge on any atom is 0.0646 e. The van der Waals surface area contributed by atoms with Gasteiger partial charge in [0, 0.05) is 22.2 Å². The van der Waals surface area contributed by atoms with Gasteiger partial charge in [-0.2, -0.15) is 0 Å². The lowest BCUT2D eigenvalue weighted by Crippen LogP contribution is -1.88. The van der Waals surface area contributed by atoms with Crippen LogP contribution in [-0.4, -0.2) is 6.21 Å². The van der Waals surface area contributed by atoms with Crippen LogP contribution in [0.3, 0.4) is 0 Å². The van der Waals surface area contributed by atoms with Crippen LogP contribution in [0, 0.1) is 17.8 Å². The molecule has 0 atom stereocenters. The Morgan fingerprint density at radius 1 is 1.40 bits per heavy atom. The molecule has 0 bridgehead atoms. The Morgan fingerprint density at radius 3 is 2.93 bits per heavy atom. The molecular weight excluding hydrogens is 250 g/mol. The zero-order valence-corrected chi connectivity index (χ0v) is 10.4. The highest BCUT2D eigenvalue weighted by Crippen LogP contribution is 2.24. The molecule has 0 spiro atoms. The smallest absolute Gasteiger partial charge is 0.0646 e.